The SMILES string of the molecule is CCCNCc1cc(S(=O)(=O)NCC2CCOCC2)cs1. The summed E-state index contributed by atoms with van der Waals surface area (Å²) in [5.74, 6) is 0.387. The van der Waals surface area contributed by atoms with Crippen molar-refractivity contribution in [3.05, 3.63) is 16.3 Å². The summed E-state index contributed by atoms with van der Waals surface area (Å²) in [7, 11) is -3.38. The Morgan fingerprint density at radius 2 is 2.14 bits per heavy atom. The van der Waals surface area contributed by atoms with Crippen LogP contribution >= 0.6 is 11.3 Å². The molecule has 2 rings (SSSR count). The van der Waals surface area contributed by atoms with Gasteiger partial charge in [0.25, 0.3) is 0 Å². The predicted octanol–water partition coefficient (Wildman–Crippen LogP) is 1.95. The average molecular weight is 332 g/mol. The molecule has 120 valence electrons. The molecule has 0 unspecified atom stereocenters. The van der Waals surface area contributed by atoms with Gasteiger partial charge in [-0.3, -0.25) is 0 Å². The van der Waals surface area contributed by atoms with Crippen molar-refractivity contribution in [2.75, 3.05) is 26.3 Å². The molecule has 0 bridgehead atoms. The topological polar surface area (TPSA) is 67.4 Å². The molecule has 0 atom stereocenters. The van der Waals surface area contributed by atoms with Crippen LogP contribution < -0.4 is 10.0 Å². The molecule has 0 aliphatic carbocycles. The van der Waals surface area contributed by atoms with Gasteiger partial charge in [0.05, 0.1) is 4.90 Å². The van der Waals surface area contributed by atoms with Gasteiger partial charge in [-0.1, -0.05) is 6.92 Å². The average Bonchev–Trinajstić information content (AvgIpc) is 2.96. The van der Waals surface area contributed by atoms with Crippen molar-refractivity contribution in [2.24, 2.45) is 5.92 Å². The Morgan fingerprint density at radius 1 is 1.38 bits per heavy atom. The van der Waals surface area contributed by atoms with E-state index in [1.165, 1.54) is 11.3 Å². The molecule has 0 radical (unpaired) electrons. The summed E-state index contributed by atoms with van der Waals surface area (Å²) >= 11 is 1.49. The molecule has 2 heterocycles. The first-order chi connectivity index (χ1) is 10.1. The highest BCUT2D eigenvalue weighted by Crippen LogP contribution is 2.20. The third-order valence-corrected chi connectivity index (χ3v) is 6.06. The van der Waals surface area contributed by atoms with Crippen LogP contribution in [0.4, 0.5) is 0 Å². The zero-order valence-electron chi connectivity index (χ0n) is 12.4. The molecule has 21 heavy (non-hydrogen) atoms. The minimum Gasteiger partial charge on any atom is -0.381 e. The molecule has 5 nitrogen and oxygen atoms in total. The maximum absolute atomic E-state index is 12.3. The van der Waals surface area contributed by atoms with Crippen molar-refractivity contribution >= 4 is 21.4 Å². The Bertz CT molecular complexity index is 522. The fraction of sp³-hybridized carbons (Fsp3) is 0.714. The summed E-state index contributed by atoms with van der Waals surface area (Å²) in [6.45, 7) is 5.76. The molecule has 1 saturated heterocycles. The van der Waals surface area contributed by atoms with E-state index in [4.69, 9.17) is 4.74 Å². The lowest BCUT2D eigenvalue weighted by Crippen LogP contribution is -2.32. The largest absolute Gasteiger partial charge is 0.381 e. The van der Waals surface area contributed by atoms with E-state index in [0.717, 1.165) is 50.4 Å². The normalized spacial score (nSPS) is 17.2. The lowest BCUT2D eigenvalue weighted by molar-refractivity contribution is 0.0678. The quantitative estimate of drug-likeness (QED) is 0.714. The molecule has 7 heteroatoms. The Kier molecular flexibility index (Phi) is 6.63. The molecular formula is C14H24N2O3S2. The number of ether oxygens (including phenoxy) is 1. The molecule has 0 amide bonds. The molecule has 0 spiro atoms. The van der Waals surface area contributed by atoms with E-state index in [2.05, 4.69) is 17.0 Å². The highest BCUT2D eigenvalue weighted by Gasteiger charge is 2.20. The van der Waals surface area contributed by atoms with Crippen LogP contribution in [0.5, 0.6) is 0 Å². The second kappa shape index (κ2) is 8.24. The fourth-order valence-electron chi connectivity index (χ4n) is 2.24. The first kappa shape index (κ1) is 16.9. The van der Waals surface area contributed by atoms with Crippen LogP contribution in [0.2, 0.25) is 0 Å². The number of hydrogen-bond donors (Lipinski definition) is 2. The molecule has 1 aliphatic rings. The van der Waals surface area contributed by atoms with Crippen molar-refractivity contribution in [2.45, 2.75) is 37.6 Å². The Labute approximate surface area is 131 Å². The Morgan fingerprint density at radius 3 is 2.86 bits per heavy atom. The highest BCUT2D eigenvalue weighted by molar-refractivity contribution is 7.89. The number of thiophene rings is 1. The smallest absolute Gasteiger partial charge is 0.241 e. The van der Waals surface area contributed by atoms with Gasteiger partial charge in [0.1, 0.15) is 0 Å². The van der Waals surface area contributed by atoms with Crippen molar-refractivity contribution in [1.29, 1.82) is 0 Å². The Hall–Kier alpha value is -0.470. The van der Waals surface area contributed by atoms with Gasteiger partial charge in [-0.05, 0) is 37.8 Å². The van der Waals surface area contributed by atoms with Gasteiger partial charge >= 0.3 is 0 Å². The van der Waals surface area contributed by atoms with Crippen molar-refractivity contribution < 1.29 is 13.2 Å². The minimum atomic E-state index is -3.38. The van der Waals surface area contributed by atoms with E-state index < -0.39 is 10.0 Å². The molecule has 1 aromatic heterocycles. The number of rotatable bonds is 8. The van der Waals surface area contributed by atoms with Gasteiger partial charge < -0.3 is 10.1 Å². The maximum atomic E-state index is 12.3. The van der Waals surface area contributed by atoms with E-state index in [1.54, 1.807) is 11.4 Å². The van der Waals surface area contributed by atoms with Gasteiger partial charge in [0.15, 0.2) is 0 Å². The predicted molar refractivity (Wildman–Crippen MR) is 85.0 cm³/mol. The summed E-state index contributed by atoms with van der Waals surface area (Å²) in [4.78, 5) is 1.43. The standard InChI is InChI=1S/C14H24N2O3S2/c1-2-5-15-10-13-8-14(11-20-13)21(17,18)16-9-12-3-6-19-7-4-12/h8,11-12,15-16H,2-7,9-10H2,1H3. The number of hydrogen-bond acceptors (Lipinski definition) is 5. The van der Waals surface area contributed by atoms with Crippen molar-refractivity contribution in [3.8, 4) is 0 Å². The van der Waals surface area contributed by atoms with Crippen LogP contribution in [0.15, 0.2) is 16.3 Å². The molecule has 1 aliphatic heterocycles. The van der Waals surface area contributed by atoms with Gasteiger partial charge in [-0.2, -0.15) is 0 Å². The third kappa shape index (κ3) is 5.34. The highest BCUT2D eigenvalue weighted by atomic mass is 32.2. The van der Waals surface area contributed by atoms with Crippen molar-refractivity contribution in [3.63, 3.8) is 0 Å². The van der Waals surface area contributed by atoms with Gasteiger partial charge in [0, 0.05) is 36.6 Å². The zero-order chi connectivity index (χ0) is 15.1. The fourth-order valence-corrected chi connectivity index (χ4v) is 4.60. The lowest BCUT2D eigenvalue weighted by atomic mass is 10.0. The van der Waals surface area contributed by atoms with Crippen LogP contribution in [-0.2, 0) is 21.3 Å². The lowest BCUT2D eigenvalue weighted by Gasteiger charge is -2.21. The molecule has 0 saturated carbocycles. The summed E-state index contributed by atoms with van der Waals surface area (Å²) in [6.07, 6.45) is 2.93. The van der Waals surface area contributed by atoms with Gasteiger partial charge in [-0.15, -0.1) is 11.3 Å². The Balaban J connectivity index is 1.86. The second-order valence-corrected chi connectivity index (χ2v) is 8.10. The first-order valence-electron chi connectivity index (χ1n) is 7.47. The van der Waals surface area contributed by atoms with E-state index in [1.807, 2.05) is 0 Å². The van der Waals surface area contributed by atoms with E-state index in [0.29, 0.717) is 17.4 Å². The van der Waals surface area contributed by atoms with Crippen LogP contribution in [0.1, 0.15) is 31.1 Å². The van der Waals surface area contributed by atoms with Crippen LogP contribution in [0, 0.1) is 5.92 Å². The van der Waals surface area contributed by atoms with Gasteiger partial charge in [0.2, 0.25) is 10.0 Å². The first-order valence-corrected chi connectivity index (χ1v) is 9.83. The summed E-state index contributed by atoms with van der Waals surface area (Å²) < 4.78 is 32.5. The number of nitrogens with one attached hydrogen (secondary N) is 2. The van der Waals surface area contributed by atoms with E-state index in [-0.39, 0.29) is 0 Å². The third-order valence-electron chi connectivity index (χ3n) is 3.57. The molecular weight excluding hydrogens is 308 g/mol. The van der Waals surface area contributed by atoms with Crippen LogP contribution in [-0.4, -0.2) is 34.7 Å². The van der Waals surface area contributed by atoms with Crippen LogP contribution in [0.3, 0.4) is 0 Å². The second-order valence-electron chi connectivity index (χ2n) is 5.33. The zero-order valence-corrected chi connectivity index (χ0v) is 14.1. The summed E-state index contributed by atoms with van der Waals surface area (Å²) in [6, 6.07) is 1.76. The number of sulfonamides is 1. The maximum Gasteiger partial charge on any atom is 0.241 e. The molecule has 0 aromatic carbocycles. The summed E-state index contributed by atoms with van der Waals surface area (Å²) in [5, 5.41) is 5.00. The minimum absolute atomic E-state index is 0.382. The van der Waals surface area contributed by atoms with Crippen LogP contribution in [0.25, 0.3) is 0 Å². The monoisotopic (exact) mass is 332 g/mol. The summed E-state index contributed by atoms with van der Waals surface area (Å²) in [5.41, 5.74) is 0. The van der Waals surface area contributed by atoms with E-state index in [9.17, 15) is 8.42 Å². The molecule has 2 N–H and O–H groups in total. The molecule has 1 fully saturated rings. The van der Waals surface area contributed by atoms with Gasteiger partial charge in [-0.25, -0.2) is 13.1 Å². The van der Waals surface area contributed by atoms with E-state index >= 15 is 0 Å². The molecule has 1 aromatic rings. The van der Waals surface area contributed by atoms with Crippen molar-refractivity contribution in [1.82, 2.24) is 10.0 Å².